The first-order valence-corrected chi connectivity index (χ1v) is 9.34. The van der Waals surface area contributed by atoms with Gasteiger partial charge >= 0.3 is 0 Å². The summed E-state index contributed by atoms with van der Waals surface area (Å²) in [5.41, 5.74) is 0. The summed E-state index contributed by atoms with van der Waals surface area (Å²) in [5, 5.41) is 2.07. The Labute approximate surface area is 102 Å². The number of hydrogen-bond acceptors (Lipinski definition) is 2. The van der Waals surface area contributed by atoms with Crippen molar-refractivity contribution in [3.63, 3.8) is 0 Å². The monoisotopic (exact) mass is 260 g/mol. The van der Waals surface area contributed by atoms with E-state index in [1.807, 2.05) is 24.3 Å². The molecule has 1 aliphatic rings. The molecule has 0 N–H and O–H groups in total. The summed E-state index contributed by atoms with van der Waals surface area (Å²) < 4.78 is 24.9. The second-order valence-electron chi connectivity index (χ2n) is 4.30. The van der Waals surface area contributed by atoms with Gasteiger partial charge in [-0.1, -0.05) is 42.9 Å². The lowest BCUT2D eigenvalue weighted by molar-refractivity contribution is 0.597. The van der Waals surface area contributed by atoms with E-state index < -0.39 is 18.6 Å². The van der Waals surface area contributed by atoms with E-state index >= 15 is 0 Å². The van der Waals surface area contributed by atoms with Crippen LogP contribution < -0.4 is 10.4 Å². The molecule has 0 saturated carbocycles. The minimum atomic E-state index is -3.30. The second-order valence-corrected chi connectivity index (χ2v) is 8.87. The first-order valence-electron chi connectivity index (χ1n) is 5.55. The van der Waals surface area contributed by atoms with Crippen molar-refractivity contribution in [3.8, 4) is 0 Å². The molecule has 0 radical (unpaired) electrons. The Kier molecular flexibility index (Phi) is 2.24. The largest absolute Gasteiger partial charge is 0.219 e. The van der Waals surface area contributed by atoms with E-state index in [9.17, 15) is 8.42 Å². The molecule has 0 spiro atoms. The fourth-order valence-corrected chi connectivity index (χ4v) is 8.13. The normalized spacial score (nSPS) is 17.2. The molecule has 0 bridgehead atoms. The number of rotatable bonds is 0. The van der Waals surface area contributed by atoms with Crippen LogP contribution in [0.5, 0.6) is 0 Å². The molecule has 0 fully saturated rings. The van der Waals surface area contributed by atoms with Crippen LogP contribution in [0.15, 0.2) is 58.3 Å². The Morgan fingerprint density at radius 3 is 1.71 bits per heavy atom. The summed E-state index contributed by atoms with van der Waals surface area (Å²) in [7, 11) is -4.65. The summed E-state index contributed by atoms with van der Waals surface area (Å²) in [6, 6.07) is 14.8. The van der Waals surface area contributed by atoms with Gasteiger partial charge in [0, 0.05) is 0 Å². The van der Waals surface area contributed by atoms with E-state index in [4.69, 9.17) is 0 Å². The minimum Gasteiger partial charge on any atom is -0.219 e. The van der Waals surface area contributed by atoms with Gasteiger partial charge in [-0.15, -0.1) is 0 Å². The van der Waals surface area contributed by atoms with Crippen molar-refractivity contribution < 1.29 is 8.42 Å². The highest BCUT2D eigenvalue weighted by atomic mass is 32.2. The third-order valence-electron chi connectivity index (χ3n) is 3.35. The Bertz CT molecular complexity index is 639. The lowest BCUT2D eigenvalue weighted by Gasteiger charge is -2.24. The molecule has 2 aromatic carbocycles. The van der Waals surface area contributed by atoms with Crippen LogP contribution in [0.1, 0.15) is 0 Å². The van der Waals surface area contributed by atoms with Crippen LogP contribution in [0.25, 0.3) is 0 Å². The highest BCUT2D eigenvalue weighted by molar-refractivity contribution is 7.92. The average Bonchev–Trinajstić information content (AvgIpc) is 2.37. The Morgan fingerprint density at radius 1 is 0.824 bits per heavy atom. The molecular formula is C13H12O2SSi. The minimum absolute atomic E-state index is 0.512. The molecule has 86 valence electrons. The smallest absolute Gasteiger partial charge is 0.206 e. The van der Waals surface area contributed by atoms with Gasteiger partial charge in [0.2, 0.25) is 9.84 Å². The maximum absolute atomic E-state index is 12.5. The first-order chi connectivity index (χ1) is 8.12. The molecule has 0 amide bonds. The van der Waals surface area contributed by atoms with E-state index in [0.29, 0.717) is 9.79 Å². The summed E-state index contributed by atoms with van der Waals surface area (Å²) in [5.74, 6) is 0. The Balaban J connectivity index is 2.42. The SMILES string of the molecule is C[SiH]1c2ccccc2S(=O)(=O)c2ccccc21. The van der Waals surface area contributed by atoms with Gasteiger partial charge in [0.25, 0.3) is 0 Å². The lowest BCUT2D eigenvalue weighted by Crippen LogP contribution is -2.48. The third-order valence-corrected chi connectivity index (χ3v) is 8.54. The van der Waals surface area contributed by atoms with Crippen molar-refractivity contribution in [2.24, 2.45) is 0 Å². The van der Waals surface area contributed by atoms with E-state index in [1.165, 1.54) is 0 Å². The van der Waals surface area contributed by atoms with Crippen molar-refractivity contribution >= 4 is 29.0 Å². The molecule has 0 aliphatic carbocycles. The summed E-state index contributed by atoms with van der Waals surface area (Å²) in [6.45, 7) is 2.19. The first kappa shape index (κ1) is 10.7. The van der Waals surface area contributed by atoms with Crippen molar-refractivity contribution in [1.29, 1.82) is 0 Å². The van der Waals surface area contributed by atoms with Gasteiger partial charge in [-0.25, -0.2) is 8.42 Å². The van der Waals surface area contributed by atoms with Crippen LogP contribution in [-0.2, 0) is 9.84 Å². The molecule has 0 unspecified atom stereocenters. The van der Waals surface area contributed by atoms with E-state index in [1.54, 1.807) is 24.3 Å². The predicted octanol–water partition coefficient (Wildman–Crippen LogP) is 0.804. The predicted molar refractivity (Wildman–Crippen MR) is 70.6 cm³/mol. The van der Waals surface area contributed by atoms with Gasteiger partial charge in [-0.2, -0.15) is 0 Å². The fourth-order valence-electron chi connectivity index (χ4n) is 2.45. The number of benzene rings is 2. The van der Waals surface area contributed by atoms with Crippen LogP contribution in [0, 0.1) is 0 Å². The molecule has 1 heterocycles. The molecule has 3 rings (SSSR count). The number of hydrogen-bond donors (Lipinski definition) is 0. The zero-order valence-corrected chi connectivity index (χ0v) is 11.4. The highest BCUT2D eigenvalue weighted by Crippen LogP contribution is 2.22. The number of fused-ring (bicyclic) bond motifs is 2. The molecular weight excluding hydrogens is 248 g/mol. The van der Waals surface area contributed by atoms with Gasteiger partial charge in [-0.3, -0.25) is 0 Å². The quantitative estimate of drug-likeness (QED) is 0.657. The fraction of sp³-hybridized carbons (Fsp3) is 0.0769. The zero-order chi connectivity index (χ0) is 12.0. The Hall–Kier alpha value is -1.39. The van der Waals surface area contributed by atoms with Crippen LogP contribution in [-0.4, -0.2) is 17.2 Å². The van der Waals surface area contributed by atoms with Gasteiger partial charge in [-0.05, 0) is 22.5 Å². The average molecular weight is 260 g/mol. The molecule has 2 nitrogen and oxygen atoms in total. The van der Waals surface area contributed by atoms with Crippen molar-refractivity contribution in [1.82, 2.24) is 0 Å². The van der Waals surface area contributed by atoms with Crippen LogP contribution >= 0.6 is 0 Å². The molecule has 0 saturated heterocycles. The lowest BCUT2D eigenvalue weighted by atomic mass is 10.3. The summed E-state index contributed by atoms with van der Waals surface area (Å²) in [6.07, 6.45) is 0. The molecule has 0 atom stereocenters. The molecule has 0 aromatic heterocycles. The molecule has 1 aliphatic heterocycles. The van der Waals surface area contributed by atoms with Crippen molar-refractivity contribution in [3.05, 3.63) is 48.5 Å². The van der Waals surface area contributed by atoms with Crippen LogP contribution in [0.3, 0.4) is 0 Å². The topological polar surface area (TPSA) is 34.1 Å². The zero-order valence-electron chi connectivity index (χ0n) is 9.42. The van der Waals surface area contributed by atoms with Crippen LogP contribution in [0.4, 0.5) is 0 Å². The van der Waals surface area contributed by atoms with Crippen molar-refractivity contribution in [2.45, 2.75) is 16.3 Å². The molecule has 2 aromatic rings. The Morgan fingerprint density at radius 2 is 1.24 bits per heavy atom. The third kappa shape index (κ3) is 1.41. The molecule has 4 heteroatoms. The summed E-state index contributed by atoms with van der Waals surface area (Å²) in [4.78, 5) is 1.02. The van der Waals surface area contributed by atoms with Gasteiger partial charge in [0.05, 0.1) is 9.79 Å². The van der Waals surface area contributed by atoms with Crippen molar-refractivity contribution in [2.75, 3.05) is 0 Å². The van der Waals surface area contributed by atoms with E-state index in [2.05, 4.69) is 6.55 Å². The second kappa shape index (κ2) is 3.55. The highest BCUT2D eigenvalue weighted by Gasteiger charge is 2.33. The maximum atomic E-state index is 12.5. The van der Waals surface area contributed by atoms with Gasteiger partial charge in [0.1, 0.15) is 8.80 Å². The number of sulfone groups is 1. The molecule has 17 heavy (non-hydrogen) atoms. The van der Waals surface area contributed by atoms with Crippen LogP contribution in [0.2, 0.25) is 6.55 Å². The summed E-state index contributed by atoms with van der Waals surface area (Å²) >= 11 is 0. The van der Waals surface area contributed by atoms with E-state index in [-0.39, 0.29) is 0 Å². The van der Waals surface area contributed by atoms with Gasteiger partial charge in [0.15, 0.2) is 0 Å². The van der Waals surface area contributed by atoms with E-state index in [0.717, 1.165) is 10.4 Å². The standard InChI is InChI=1S/C13H12O2SSi/c1-17-12-8-4-2-6-10(12)16(14,15)11-7-3-5-9-13(11)17/h2-9,17H,1H3. The van der Waals surface area contributed by atoms with Gasteiger partial charge < -0.3 is 0 Å². The maximum Gasteiger partial charge on any atom is 0.206 e.